The first-order valence-electron chi connectivity index (χ1n) is 8.85. The first kappa shape index (κ1) is 22.2. The second-order valence-electron chi connectivity index (χ2n) is 6.69. The second kappa shape index (κ2) is 11.0. The first-order valence-corrected chi connectivity index (χ1v) is 8.85. The number of nitrogens with one attached hydrogen (secondary N) is 2. The third kappa shape index (κ3) is 7.48. The summed E-state index contributed by atoms with van der Waals surface area (Å²) in [6.07, 6.45) is 4.43. The van der Waals surface area contributed by atoms with Crippen molar-refractivity contribution in [2.75, 3.05) is 33.4 Å². The number of methoxy groups -OCH3 is 1. The van der Waals surface area contributed by atoms with Crippen LogP contribution >= 0.6 is 24.0 Å². The van der Waals surface area contributed by atoms with Crippen molar-refractivity contribution in [3.05, 3.63) is 35.1 Å². The Morgan fingerprint density at radius 1 is 1.32 bits per heavy atom. The van der Waals surface area contributed by atoms with Crippen LogP contribution < -0.4 is 10.6 Å². The van der Waals surface area contributed by atoms with E-state index in [2.05, 4.69) is 17.6 Å². The number of rotatable bonds is 9. The normalized spacial score (nSPS) is 15.4. The monoisotopic (exact) mass is 463 g/mol. The Bertz CT molecular complexity index is 562. The Hall–Kier alpha value is -0.890. The van der Waals surface area contributed by atoms with E-state index in [4.69, 9.17) is 9.73 Å². The Kier molecular flexibility index (Phi) is 9.71. The number of aliphatic imine (C=N–C) groups is 1. The highest BCUT2D eigenvalue weighted by Gasteiger charge is 2.41. The second-order valence-corrected chi connectivity index (χ2v) is 6.69. The minimum absolute atomic E-state index is 0. The minimum Gasteiger partial charge on any atom is -0.385 e. The molecule has 1 aliphatic rings. The predicted molar refractivity (Wildman–Crippen MR) is 112 cm³/mol. The van der Waals surface area contributed by atoms with Crippen molar-refractivity contribution >= 4 is 29.9 Å². The van der Waals surface area contributed by atoms with E-state index in [0.29, 0.717) is 5.41 Å². The molecule has 0 spiro atoms. The van der Waals surface area contributed by atoms with Crippen LogP contribution in [0.1, 0.15) is 37.3 Å². The molecule has 142 valence electrons. The lowest BCUT2D eigenvalue weighted by Gasteiger charge is -2.15. The SMILES string of the molecule is CCNC(=NCC1(CCOC)CC1)NCCc1ccc(F)cc1C.I. The Morgan fingerprint density at radius 2 is 2.08 bits per heavy atom. The first-order chi connectivity index (χ1) is 11.6. The van der Waals surface area contributed by atoms with Crippen LogP contribution in [0.4, 0.5) is 4.39 Å². The van der Waals surface area contributed by atoms with Crippen LogP contribution in [0.3, 0.4) is 0 Å². The van der Waals surface area contributed by atoms with Crippen molar-refractivity contribution in [3.8, 4) is 0 Å². The molecule has 0 atom stereocenters. The van der Waals surface area contributed by atoms with Gasteiger partial charge in [0.2, 0.25) is 0 Å². The van der Waals surface area contributed by atoms with Crippen molar-refractivity contribution in [2.24, 2.45) is 10.4 Å². The molecule has 6 heteroatoms. The standard InChI is InChI=1S/C19H30FN3O.HI/c1-4-21-18(23-14-19(8-9-19)10-12-24-3)22-11-7-16-5-6-17(20)13-15(16)2;/h5-6,13H,4,7-12,14H2,1-3H3,(H2,21,22,23);1H. The summed E-state index contributed by atoms with van der Waals surface area (Å²) in [5.74, 6) is 0.686. The maximum atomic E-state index is 13.2. The molecule has 4 nitrogen and oxygen atoms in total. The van der Waals surface area contributed by atoms with Crippen LogP contribution in [0.2, 0.25) is 0 Å². The molecule has 1 saturated carbocycles. The Morgan fingerprint density at radius 3 is 2.68 bits per heavy atom. The fourth-order valence-electron chi connectivity index (χ4n) is 2.83. The van der Waals surface area contributed by atoms with Gasteiger partial charge in [0.25, 0.3) is 0 Å². The molecule has 2 N–H and O–H groups in total. The number of halogens is 2. The number of hydrogen-bond donors (Lipinski definition) is 2. The average molecular weight is 463 g/mol. The summed E-state index contributed by atoms with van der Waals surface area (Å²) < 4.78 is 18.4. The van der Waals surface area contributed by atoms with Crippen molar-refractivity contribution in [1.82, 2.24) is 10.6 Å². The maximum Gasteiger partial charge on any atom is 0.191 e. The van der Waals surface area contributed by atoms with Crippen LogP contribution in [0.5, 0.6) is 0 Å². The number of benzene rings is 1. The summed E-state index contributed by atoms with van der Waals surface area (Å²) in [6.45, 7) is 7.30. The molecule has 0 aromatic heterocycles. The number of nitrogens with zero attached hydrogens (tertiary/aromatic N) is 1. The zero-order valence-electron chi connectivity index (χ0n) is 15.5. The van der Waals surface area contributed by atoms with Crippen LogP contribution in [-0.2, 0) is 11.2 Å². The van der Waals surface area contributed by atoms with Gasteiger partial charge >= 0.3 is 0 Å². The fourth-order valence-corrected chi connectivity index (χ4v) is 2.83. The highest BCUT2D eigenvalue weighted by Crippen LogP contribution is 2.48. The lowest BCUT2D eigenvalue weighted by molar-refractivity contribution is 0.174. The molecule has 0 heterocycles. The van der Waals surface area contributed by atoms with E-state index in [1.807, 2.05) is 13.0 Å². The molecular formula is C19H31FIN3O. The van der Waals surface area contributed by atoms with Gasteiger partial charge in [-0.1, -0.05) is 6.07 Å². The van der Waals surface area contributed by atoms with Gasteiger partial charge < -0.3 is 15.4 Å². The van der Waals surface area contributed by atoms with Crippen molar-refractivity contribution in [3.63, 3.8) is 0 Å². The lowest BCUT2D eigenvalue weighted by Crippen LogP contribution is -2.38. The highest BCUT2D eigenvalue weighted by molar-refractivity contribution is 14.0. The van der Waals surface area contributed by atoms with Crippen molar-refractivity contribution in [2.45, 2.75) is 39.5 Å². The van der Waals surface area contributed by atoms with Crippen LogP contribution in [0.25, 0.3) is 0 Å². The molecule has 1 aromatic rings. The third-order valence-electron chi connectivity index (χ3n) is 4.70. The molecular weight excluding hydrogens is 432 g/mol. The molecule has 0 radical (unpaired) electrons. The molecule has 0 amide bonds. The molecule has 0 aliphatic heterocycles. The van der Waals surface area contributed by atoms with Gasteiger partial charge in [0.1, 0.15) is 5.82 Å². The minimum atomic E-state index is -0.176. The van der Waals surface area contributed by atoms with E-state index < -0.39 is 0 Å². The largest absolute Gasteiger partial charge is 0.385 e. The van der Waals surface area contributed by atoms with Crippen molar-refractivity contribution in [1.29, 1.82) is 0 Å². The van der Waals surface area contributed by atoms with Crippen LogP contribution in [0.15, 0.2) is 23.2 Å². The number of guanidine groups is 1. The molecule has 1 aromatic carbocycles. The van der Waals surface area contributed by atoms with Crippen LogP contribution in [0, 0.1) is 18.2 Å². The number of hydrogen-bond acceptors (Lipinski definition) is 2. The topological polar surface area (TPSA) is 45.7 Å². The molecule has 25 heavy (non-hydrogen) atoms. The van der Waals surface area contributed by atoms with Gasteiger partial charge in [-0.3, -0.25) is 4.99 Å². The lowest BCUT2D eigenvalue weighted by atomic mass is 10.0. The van der Waals surface area contributed by atoms with E-state index in [0.717, 1.165) is 50.6 Å². The average Bonchev–Trinajstić information content (AvgIpc) is 3.33. The van der Waals surface area contributed by atoms with Gasteiger partial charge in [-0.25, -0.2) is 4.39 Å². The summed E-state index contributed by atoms with van der Waals surface area (Å²) in [4.78, 5) is 4.75. The fraction of sp³-hybridized carbons (Fsp3) is 0.632. The van der Waals surface area contributed by atoms with Gasteiger partial charge in [0, 0.05) is 33.4 Å². The molecule has 1 aliphatic carbocycles. The Balaban J connectivity index is 0.00000312. The van der Waals surface area contributed by atoms with E-state index in [1.54, 1.807) is 13.2 Å². The summed E-state index contributed by atoms with van der Waals surface area (Å²) in [7, 11) is 1.75. The van der Waals surface area contributed by atoms with Gasteiger partial charge in [-0.2, -0.15) is 0 Å². The number of aryl methyl sites for hydroxylation is 1. The van der Waals surface area contributed by atoms with Crippen molar-refractivity contribution < 1.29 is 9.13 Å². The van der Waals surface area contributed by atoms with Gasteiger partial charge in [0.15, 0.2) is 5.96 Å². The van der Waals surface area contributed by atoms with Gasteiger partial charge in [0.05, 0.1) is 0 Å². The summed E-state index contributed by atoms with van der Waals surface area (Å²) in [5.41, 5.74) is 2.51. The Labute approximate surface area is 168 Å². The van der Waals surface area contributed by atoms with Crippen LogP contribution in [-0.4, -0.2) is 39.3 Å². The summed E-state index contributed by atoms with van der Waals surface area (Å²) >= 11 is 0. The number of ether oxygens (including phenoxy) is 1. The molecule has 0 saturated heterocycles. The predicted octanol–water partition coefficient (Wildman–Crippen LogP) is 3.67. The van der Waals surface area contributed by atoms with E-state index in [-0.39, 0.29) is 29.8 Å². The maximum absolute atomic E-state index is 13.2. The summed E-state index contributed by atoms with van der Waals surface area (Å²) in [6, 6.07) is 4.97. The van der Waals surface area contributed by atoms with Gasteiger partial charge in [-0.05, 0) is 68.2 Å². The molecule has 2 rings (SSSR count). The quantitative estimate of drug-likeness (QED) is 0.334. The molecule has 1 fully saturated rings. The third-order valence-corrected chi connectivity index (χ3v) is 4.70. The smallest absolute Gasteiger partial charge is 0.191 e. The highest BCUT2D eigenvalue weighted by atomic mass is 127. The van der Waals surface area contributed by atoms with E-state index in [9.17, 15) is 4.39 Å². The summed E-state index contributed by atoms with van der Waals surface area (Å²) in [5, 5.41) is 6.68. The molecule has 0 bridgehead atoms. The zero-order chi connectivity index (χ0) is 17.4. The van der Waals surface area contributed by atoms with E-state index >= 15 is 0 Å². The van der Waals surface area contributed by atoms with Gasteiger partial charge in [-0.15, -0.1) is 24.0 Å². The molecule has 0 unspecified atom stereocenters. The van der Waals surface area contributed by atoms with E-state index in [1.165, 1.54) is 24.5 Å². The zero-order valence-corrected chi connectivity index (χ0v) is 17.9.